The van der Waals surface area contributed by atoms with Crippen molar-refractivity contribution in [1.82, 2.24) is 15.2 Å². The lowest BCUT2D eigenvalue weighted by molar-refractivity contribution is 0.631. The van der Waals surface area contributed by atoms with Crippen molar-refractivity contribution in [3.63, 3.8) is 0 Å². The lowest BCUT2D eigenvalue weighted by Crippen LogP contribution is -2.29. The first-order chi connectivity index (χ1) is 9.19. The van der Waals surface area contributed by atoms with Gasteiger partial charge in [0.05, 0.1) is 11.7 Å². The van der Waals surface area contributed by atoms with Gasteiger partial charge < -0.3 is 0 Å². The van der Waals surface area contributed by atoms with Crippen molar-refractivity contribution in [2.75, 3.05) is 0 Å². The van der Waals surface area contributed by atoms with Gasteiger partial charge in [-0.05, 0) is 24.0 Å². The molecule has 4 nitrogen and oxygen atoms in total. The average molecular weight is 258 g/mol. The first-order valence-electron chi connectivity index (χ1n) is 6.77. The molecule has 0 spiro atoms. The van der Waals surface area contributed by atoms with Crippen LogP contribution < -0.4 is 11.3 Å². The number of nitrogens with one attached hydrogen (secondary N) is 1. The molecule has 0 radical (unpaired) electrons. The third kappa shape index (κ3) is 2.85. The van der Waals surface area contributed by atoms with Crippen LogP contribution in [0.25, 0.3) is 0 Å². The van der Waals surface area contributed by atoms with Gasteiger partial charge >= 0.3 is 0 Å². The van der Waals surface area contributed by atoms with E-state index in [1.165, 1.54) is 11.1 Å². The van der Waals surface area contributed by atoms with Crippen molar-refractivity contribution in [1.29, 1.82) is 0 Å². The maximum absolute atomic E-state index is 5.75. The predicted octanol–water partition coefficient (Wildman–Crippen LogP) is 2.10. The molecular weight excluding hydrogens is 236 g/mol. The molecule has 0 amide bonds. The fourth-order valence-electron chi connectivity index (χ4n) is 2.38. The molecule has 1 unspecified atom stereocenters. The van der Waals surface area contributed by atoms with Crippen molar-refractivity contribution in [3.8, 4) is 0 Å². The third-order valence-corrected chi connectivity index (χ3v) is 3.47. The minimum atomic E-state index is -0.00504. The van der Waals surface area contributed by atoms with Gasteiger partial charge in [-0.1, -0.05) is 38.1 Å². The number of benzene rings is 1. The van der Waals surface area contributed by atoms with Crippen LogP contribution in [0.5, 0.6) is 0 Å². The topological polar surface area (TPSA) is 55.9 Å². The van der Waals surface area contributed by atoms with E-state index in [-0.39, 0.29) is 6.04 Å². The molecule has 3 N–H and O–H groups in total. The lowest BCUT2D eigenvalue weighted by atomic mass is 9.97. The monoisotopic (exact) mass is 258 g/mol. The Kier molecular flexibility index (Phi) is 4.35. The minimum absolute atomic E-state index is 0.00504. The van der Waals surface area contributed by atoms with Gasteiger partial charge in [0.1, 0.15) is 0 Å². The molecule has 1 atom stereocenters. The summed E-state index contributed by atoms with van der Waals surface area (Å²) < 4.78 is 1.85. The molecule has 1 heterocycles. The number of nitrogens with two attached hydrogens (primary N) is 1. The van der Waals surface area contributed by atoms with Gasteiger partial charge in [0.15, 0.2) is 0 Å². The summed E-state index contributed by atoms with van der Waals surface area (Å²) in [4.78, 5) is 0. The molecule has 0 saturated heterocycles. The van der Waals surface area contributed by atoms with Gasteiger partial charge in [-0.25, -0.2) is 5.43 Å². The van der Waals surface area contributed by atoms with E-state index in [1.807, 2.05) is 17.9 Å². The van der Waals surface area contributed by atoms with E-state index in [0.29, 0.717) is 0 Å². The zero-order chi connectivity index (χ0) is 13.8. The van der Waals surface area contributed by atoms with E-state index >= 15 is 0 Å². The van der Waals surface area contributed by atoms with Crippen LogP contribution in [-0.2, 0) is 19.9 Å². The summed E-state index contributed by atoms with van der Waals surface area (Å²) in [5, 5.41) is 4.48. The largest absolute Gasteiger partial charge is 0.275 e. The van der Waals surface area contributed by atoms with Crippen molar-refractivity contribution < 1.29 is 0 Å². The van der Waals surface area contributed by atoms with Gasteiger partial charge in [-0.3, -0.25) is 10.5 Å². The standard InChI is InChI=1S/C15H22N4/c1-4-11-6-8-12(9-7-11)15(17-16)13-10-19(3)18-14(13)5-2/h6-10,15,17H,4-5,16H2,1-3H3. The molecule has 0 aliphatic heterocycles. The second-order valence-electron chi connectivity index (χ2n) is 4.75. The van der Waals surface area contributed by atoms with E-state index in [2.05, 4.69) is 48.6 Å². The molecule has 0 fully saturated rings. The van der Waals surface area contributed by atoms with E-state index in [9.17, 15) is 0 Å². The van der Waals surface area contributed by atoms with Gasteiger partial charge in [-0.15, -0.1) is 0 Å². The summed E-state index contributed by atoms with van der Waals surface area (Å²) in [6, 6.07) is 8.57. The van der Waals surface area contributed by atoms with Crippen LogP contribution >= 0.6 is 0 Å². The van der Waals surface area contributed by atoms with Crippen LogP contribution in [0.2, 0.25) is 0 Å². The molecule has 1 aromatic heterocycles. The number of aromatic nitrogens is 2. The van der Waals surface area contributed by atoms with Gasteiger partial charge in [0.25, 0.3) is 0 Å². The zero-order valence-electron chi connectivity index (χ0n) is 11.9. The lowest BCUT2D eigenvalue weighted by Gasteiger charge is -2.16. The Morgan fingerprint density at radius 3 is 2.42 bits per heavy atom. The molecule has 2 aromatic rings. The molecule has 2 rings (SSSR count). The molecule has 0 bridgehead atoms. The van der Waals surface area contributed by atoms with E-state index < -0.39 is 0 Å². The van der Waals surface area contributed by atoms with E-state index in [0.717, 1.165) is 24.1 Å². The smallest absolute Gasteiger partial charge is 0.0743 e. The second-order valence-corrected chi connectivity index (χ2v) is 4.75. The Labute approximate surface area is 114 Å². The normalized spacial score (nSPS) is 12.6. The number of rotatable bonds is 5. The maximum atomic E-state index is 5.75. The van der Waals surface area contributed by atoms with Crippen LogP contribution in [0, 0.1) is 0 Å². The fraction of sp³-hybridized carbons (Fsp3) is 0.400. The Morgan fingerprint density at radius 1 is 1.21 bits per heavy atom. The highest BCUT2D eigenvalue weighted by atomic mass is 15.3. The van der Waals surface area contributed by atoms with Crippen LogP contribution in [0.15, 0.2) is 30.5 Å². The molecular formula is C15H22N4. The Morgan fingerprint density at radius 2 is 1.89 bits per heavy atom. The Hall–Kier alpha value is -1.65. The number of hydrazine groups is 1. The van der Waals surface area contributed by atoms with Crippen LogP contribution in [0.3, 0.4) is 0 Å². The number of hydrogen-bond donors (Lipinski definition) is 2. The number of nitrogens with zero attached hydrogens (tertiary/aromatic N) is 2. The second kappa shape index (κ2) is 5.99. The summed E-state index contributed by atoms with van der Waals surface area (Å²) in [5.74, 6) is 5.75. The summed E-state index contributed by atoms with van der Waals surface area (Å²) in [6.07, 6.45) is 3.99. The zero-order valence-corrected chi connectivity index (χ0v) is 11.9. The van der Waals surface area contributed by atoms with E-state index in [1.54, 1.807) is 0 Å². The average Bonchev–Trinajstić information content (AvgIpc) is 2.81. The first-order valence-corrected chi connectivity index (χ1v) is 6.77. The number of hydrogen-bond acceptors (Lipinski definition) is 3. The fourth-order valence-corrected chi connectivity index (χ4v) is 2.38. The van der Waals surface area contributed by atoms with Crippen molar-refractivity contribution >= 4 is 0 Å². The highest BCUT2D eigenvalue weighted by Gasteiger charge is 2.18. The minimum Gasteiger partial charge on any atom is -0.275 e. The summed E-state index contributed by atoms with van der Waals surface area (Å²) in [5.41, 5.74) is 7.65. The van der Waals surface area contributed by atoms with Crippen LogP contribution in [0.1, 0.15) is 42.3 Å². The number of aryl methyl sites for hydroxylation is 3. The quantitative estimate of drug-likeness (QED) is 0.638. The summed E-state index contributed by atoms with van der Waals surface area (Å²) >= 11 is 0. The van der Waals surface area contributed by atoms with Gasteiger partial charge in [0, 0.05) is 18.8 Å². The molecule has 0 aliphatic rings. The Balaban J connectivity index is 2.37. The van der Waals surface area contributed by atoms with Crippen LogP contribution in [-0.4, -0.2) is 9.78 Å². The highest BCUT2D eigenvalue weighted by molar-refractivity contribution is 5.34. The first kappa shape index (κ1) is 13.8. The van der Waals surface area contributed by atoms with Crippen molar-refractivity contribution in [3.05, 3.63) is 52.8 Å². The summed E-state index contributed by atoms with van der Waals surface area (Å²) in [7, 11) is 1.94. The molecule has 0 saturated carbocycles. The van der Waals surface area contributed by atoms with Crippen molar-refractivity contribution in [2.24, 2.45) is 12.9 Å². The maximum Gasteiger partial charge on any atom is 0.0743 e. The SMILES string of the molecule is CCc1ccc(C(NN)c2cn(C)nc2CC)cc1. The van der Waals surface area contributed by atoms with E-state index in [4.69, 9.17) is 5.84 Å². The molecule has 0 aliphatic carbocycles. The molecule has 19 heavy (non-hydrogen) atoms. The summed E-state index contributed by atoms with van der Waals surface area (Å²) in [6.45, 7) is 4.27. The molecule has 4 heteroatoms. The predicted molar refractivity (Wildman–Crippen MR) is 77.6 cm³/mol. The third-order valence-electron chi connectivity index (χ3n) is 3.47. The van der Waals surface area contributed by atoms with Crippen molar-refractivity contribution in [2.45, 2.75) is 32.7 Å². The van der Waals surface area contributed by atoms with Crippen LogP contribution in [0.4, 0.5) is 0 Å². The van der Waals surface area contributed by atoms with Gasteiger partial charge in [-0.2, -0.15) is 5.10 Å². The highest BCUT2D eigenvalue weighted by Crippen LogP contribution is 2.24. The molecule has 102 valence electrons. The van der Waals surface area contributed by atoms with Gasteiger partial charge in [0.2, 0.25) is 0 Å². The molecule has 1 aromatic carbocycles. The Bertz CT molecular complexity index is 528.